The van der Waals surface area contributed by atoms with Gasteiger partial charge in [-0.05, 0) is 56.7 Å². The van der Waals surface area contributed by atoms with Gasteiger partial charge in [0, 0.05) is 11.9 Å². The van der Waals surface area contributed by atoms with E-state index in [9.17, 15) is 9.59 Å². The van der Waals surface area contributed by atoms with Crippen molar-refractivity contribution in [3.8, 4) is 5.75 Å². The molecule has 2 saturated heterocycles. The van der Waals surface area contributed by atoms with Crippen molar-refractivity contribution in [2.45, 2.75) is 38.1 Å². The van der Waals surface area contributed by atoms with Crippen molar-refractivity contribution >= 4 is 22.8 Å². The summed E-state index contributed by atoms with van der Waals surface area (Å²) < 4.78 is 11.6. The van der Waals surface area contributed by atoms with E-state index in [0.29, 0.717) is 35.9 Å². The lowest BCUT2D eigenvalue weighted by atomic mass is 9.98. The van der Waals surface area contributed by atoms with Crippen LogP contribution < -0.4 is 10.1 Å². The van der Waals surface area contributed by atoms with E-state index in [-0.39, 0.29) is 11.8 Å². The third-order valence-electron chi connectivity index (χ3n) is 5.79. The average Bonchev–Trinajstić information content (AvgIpc) is 3.53. The summed E-state index contributed by atoms with van der Waals surface area (Å²) in [6.45, 7) is 3.70. The van der Waals surface area contributed by atoms with E-state index in [2.05, 4.69) is 5.32 Å². The molecule has 6 heteroatoms. The molecule has 3 fully saturated rings. The van der Waals surface area contributed by atoms with Crippen LogP contribution in [0.25, 0.3) is 11.0 Å². The van der Waals surface area contributed by atoms with Crippen LogP contribution in [-0.2, 0) is 4.79 Å². The molecule has 2 aromatic rings. The molecule has 1 N–H and O–H groups in total. The number of nitrogens with one attached hydrogen (secondary N) is 1. The number of ether oxygens (including phenoxy) is 1. The van der Waals surface area contributed by atoms with Crippen molar-refractivity contribution in [2.24, 2.45) is 5.92 Å². The standard InChI is InChI=1S/C20H22N2O4/c1-12-17(18(23)22-11-20(22)7-2-8-21-19(20)24)15-9-14(5-6-16(15)26-12)25-10-13-3-4-13/h5-6,9,13H,2-4,7-8,10-11H2,1H3,(H,21,24). The largest absolute Gasteiger partial charge is 0.493 e. The van der Waals surface area contributed by atoms with Crippen molar-refractivity contribution in [1.82, 2.24) is 10.2 Å². The molecule has 3 heterocycles. The van der Waals surface area contributed by atoms with Gasteiger partial charge in [0.05, 0.1) is 18.7 Å². The Morgan fingerprint density at radius 2 is 2.27 bits per heavy atom. The van der Waals surface area contributed by atoms with Crippen molar-refractivity contribution in [2.75, 3.05) is 19.7 Å². The molecule has 136 valence electrons. The van der Waals surface area contributed by atoms with Crippen LogP contribution in [0.2, 0.25) is 0 Å². The van der Waals surface area contributed by atoms with Gasteiger partial charge in [-0.1, -0.05) is 0 Å². The number of nitrogens with zero attached hydrogens (tertiary/aromatic N) is 1. The molecule has 6 nitrogen and oxygen atoms in total. The van der Waals surface area contributed by atoms with E-state index in [4.69, 9.17) is 9.15 Å². The number of carbonyl (C=O) groups is 2. The summed E-state index contributed by atoms with van der Waals surface area (Å²) in [5, 5.41) is 3.65. The second kappa shape index (κ2) is 5.50. The van der Waals surface area contributed by atoms with Crippen molar-refractivity contribution in [1.29, 1.82) is 0 Å². The van der Waals surface area contributed by atoms with Crippen LogP contribution in [0.3, 0.4) is 0 Å². The number of benzene rings is 1. The van der Waals surface area contributed by atoms with Crippen LogP contribution in [0.15, 0.2) is 22.6 Å². The number of fused-ring (bicyclic) bond motifs is 1. The minimum Gasteiger partial charge on any atom is -0.493 e. The Bertz CT molecular complexity index is 914. The van der Waals surface area contributed by atoms with Crippen LogP contribution in [0, 0.1) is 12.8 Å². The molecule has 1 aromatic carbocycles. The third-order valence-corrected chi connectivity index (χ3v) is 5.79. The molecule has 1 saturated carbocycles. The lowest BCUT2D eigenvalue weighted by Gasteiger charge is -2.22. The van der Waals surface area contributed by atoms with Gasteiger partial charge in [0.15, 0.2) is 0 Å². The minimum atomic E-state index is -0.647. The van der Waals surface area contributed by atoms with Gasteiger partial charge in [-0.3, -0.25) is 9.59 Å². The molecule has 1 unspecified atom stereocenters. The Balaban J connectivity index is 1.45. The highest BCUT2D eigenvalue weighted by molar-refractivity contribution is 6.11. The van der Waals surface area contributed by atoms with E-state index in [1.807, 2.05) is 18.2 Å². The molecule has 26 heavy (non-hydrogen) atoms. The Labute approximate surface area is 151 Å². The van der Waals surface area contributed by atoms with Crippen LogP contribution in [0.5, 0.6) is 5.75 Å². The number of hydrogen-bond donors (Lipinski definition) is 1. The SMILES string of the molecule is Cc1oc2ccc(OCC3CC3)cc2c1C(=O)N1CC12CCCNC2=O. The second-order valence-corrected chi connectivity index (χ2v) is 7.73. The molecule has 3 aliphatic rings. The molecule has 0 bridgehead atoms. The fourth-order valence-electron chi connectivity index (χ4n) is 3.95. The fourth-order valence-corrected chi connectivity index (χ4v) is 3.95. The van der Waals surface area contributed by atoms with Crippen LogP contribution in [-0.4, -0.2) is 41.9 Å². The molecule has 1 aromatic heterocycles. The molecule has 1 atom stereocenters. The highest BCUT2D eigenvalue weighted by atomic mass is 16.5. The highest BCUT2D eigenvalue weighted by Crippen LogP contribution is 2.42. The lowest BCUT2D eigenvalue weighted by Crippen LogP contribution is -2.46. The van der Waals surface area contributed by atoms with E-state index in [1.165, 1.54) is 12.8 Å². The zero-order valence-corrected chi connectivity index (χ0v) is 14.8. The first-order valence-electron chi connectivity index (χ1n) is 9.35. The van der Waals surface area contributed by atoms with Gasteiger partial charge in [0.25, 0.3) is 5.91 Å². The normalized spacial score (nSPS) is 24.8. The summed E-state index contributed by atoms with van der Waals surface area (Å²) in [5.74, 6) is 1.85. The van der Waals surface area contributed by atoms with E-state index in [0.717, 1.165) is 30.6 Å². The maximum Gasteiger partial charge on any atom is 0.259 e. The molecule has 1 spiro atoms. The maximum atomic E-state index is 13.2. The van der Waals surface area contributed by atoms with Gasteiger partial charge in [0.1, 0.15) is 22.6 Å². The van der Waals surface area contributed by atoms with Gasteiger partial charge in [-0.2, -0.15) is 0 Å². The predicted molar refractivity (Wildman–Crippen MR) is 95.2 cm³/mol. The van der Waals surface area contributed by atoms with Gasteiger partial charge in [0.2, 0.25) is 5.91 Å². The third kappa shape index (κ3) is 2.39. The zero-order valence-electron chi connectivity index (χ0n) is 14.8. The number of piperidine rings is 1. The smallest absolute Gasteiger partial charge is 0.259 e. The van der Waals surface area contributed by atoms with Crippen LogP contribution in [0.4, 0.5) is 0 Å². The summed E-state index contributed by atoms with van der Waals surface area (Å²) in [7, 11) is 0. The quantitative estimate of drug-likeness (QED) is 0.857. The summed E-state index contributed by atoms with van der Waals surface area (Å²) in [5.41, 5.74) is 0.576. The van der Waals surface area contributed by atoms with Crippen LogP contribution in [0.1, 0.15) is 41.8 Å². The van der Waals surface area contributed by atoms with E-state index in [1.54, 1.807) is 11.8 Å². The Kier molecular flexibility index (Phi) is 3.33. The first kappa shape index (κ1) is 15.7. The van der Waals surface area contributed by atoms with Crippen molar-refractivity contribution in [3.63, 3.8) is 0 Å². The fraction of sp³-hybridized carbons (Fsp3) is 0.500. The van der Waals surface area contributed by atoms with Gasteiger partial charge in [-0.25, -0.2) is 0 Å². The number of rotatable bonds is 4. The van der Waals surface area contributed by atoms with Crippen molar-refractivity contribution in [3.05, 3.63) is 29.5 Å². The van der Waals surface area contributed by atoms with Gasteiger partial charge >= 0.3 is 0 Å². The number of amides is 2. The Hall–Kier alpha value is -2.50. The molecule has 2 aliphatic heterocycles. The van der Waals surface area contributed by atoms with Crippen LogP contribution >= 0.6 is 0 Å². The molecule has 1 aliphatic carbocycles. The number of carbonyl (C=O) groups excluding carboxylic acids is 2. The Morgan fingerprint density at radius 1 is 1.42 bits per heavy atom. The topological polar surface area (TPSA) is 71.5 Å². The first-order chi connectivity index (χ1) is 12.6. The number of hydrogen-bond acceptors (Lipinski definition) is 4. The first-order valence-corrected chi connectivity index (χ1v) is 9.35. The monoisotopic (exact) mass is 354 g/mol. The van der Waals surface area contributed by atoms with E-state index < -0.39 is 5.54 Å². The lowest BCUT2D eigenvalue weighted by molar-refractivity contribution is -0.125. The average molecular weight is 354 g/mol. The molecule has 5 rings (SSSR count). The molecule has 0 radical (unpaired) electrons. The maximum absolute atomic E-state index is 13.2. The van der Waals surface area contributed by atoms with E-state index >= 15 is 0 Å². The predicted octanol–water partition coefficient (Wildman–Crippen LogP) is 2.63. The van der Waals surface area contributed by atoms with Gasteiger partial charge < -0.3 is 19.4 Å². The summed E-state index contributed by atoms with van der Waals surface area (Å²) >= 11 is 0. The zero-order chi connectivity index (χ0) is 17.9. The van der Waals surface area contributed by atoms with Crippen molar-refractivity contribution < 1.29 is 18.7 Å². The molecular weight excluding hydrogens is 332 g/mol. The summed E-state index contributed by atoms with van der Waals surface area (Å²) in [4.78, 5) is 27.1. The number of aryl methyl sites for hydroxylation is 1. The van der Waals surface area contributed by atoms with Gasteiger partial charge in [-0.15, -0.1) is 0 Å². The summed E-state index contributed by atoms with van der Waals surface area (Å²) in [6, 6.07) is 5.63. The second-order valence-electron chi connectivity index (χ2n) is 7.73. The highest BCUT2D eigenvalue weighted by Gasteiger charge is 2.61. The summed E-state index contributed by atoms with van der Waals surface area (Å²) in [6.07, 6.45) is 4.10. The molecule has 2 amide bonds. The molecular formula is C20H22N2O4. The number of furan rings is 1. The Morgan fingerprint density at radius 3 is 3.04 bits per heavy atom. The minimum absolute atomic E-state index is 0.0315.